The summed E-state index contributed by atoms with van der Waals surface area (Å²) in [4.78, 5) is 4.65. The van der Waals surface area contributed by atoms with Crippen LogP contribution in [0, 0.1) is 12.3 Å². The van der Waals surface area contributed by atoms with E-state index in [0.29, 0.717) is 5.41 Å². The van der Waals surface area contributed by atoms with Crippen LogP contribution < -0.4 is 5.32 Å². The number of fused-ring (bicyclic) bond motifs is 1. The van der Waals surface area contributed by atoms with Gasteiger partial charge in [-0.25, -0.2) is 4.98 Å². The molecule has 1 aromatic heterocycles. The SMILES string of the molecule is Cc1ccc(-c2cnc3n2CC2(CCNC2)C3)cc1. The number of nitrogens with one attached hydrogen (secondary N) is 1. The smallest absolute Gasteiger partial charge is 0.109 e. The van der Waals surface area contributed by atoms with Gasteiger partial charge in [-0.05, 0) is 25.5 Å². The number of aryl methyl sites for hydroxylation is 1. The maximum absolute atomic E-state index is 4.65. The number of hydrogen-bond acceptors (Lipinski definition) is 2. The number of rotatable bonds is 1. The van der Waals surface area contributed by atoms with Gasteiger partial charge in [0.25, 0.3) is 0 Å². The molecule has 1 atom stereocenters. The zero-order chi connectivity index (χ0) is 12.9. The highest BCUT2D eigenvalue weighted by Gasteiger charge is 2.41. The van der Waals surface area contributed by atoms with Gasteiger partial charge < -0.3 is 9.88 Å². The molecular weight excluding hydrogens is 234 g/mol. The monoisotopic (exact) mass is 253 g/mol. The van der Waals surface area contributed by atoms with Gasteiger partial charge in [-0.3, -0.25) is 0 Å². The standard InChI is InChI=1S/C16H19N3/c1-12-2-4-13(5-3-12)14-9-18-15-8-16(11-19(14)15)6-7-17-10-16/h2-5,9,17H,6-8,10-11H2,1H3. The van der Waals surface area contributed by atoms with Gasteiger partial charge in [0, 0.05) is 24.9 Å². The maximum Gasteiger partial charge on any atom is 0.109 e. The Hall–Kier alpha value is -1.61. The van der Waals surface area contributed by atoms with Crippen LogP contribution in [-0.2, 0) is 13.0 Å². The highest BCUT2D eigenvalue weighted by molar-refractivity contribution is 5.60. The van der Waals surface area contributed by atoms with Crippen LogP contribution in [0.4, 0.5) is 0 Å². The first-order chi connectivity index (χ1) is 9.26. The van der Waals surface area contributed by atoms with Crippen molar-refractivity contribution in [1.82, 2.24) is 14.9 Å². The van der Waals surface area contributed by atoms with E-state index in [2.05, 4.69) is 46.1 Å². The average Bonchev–Trinajstić information content (AvgIpc) is 3.08. The summed E-state index contributed by atoms with van der Waals surface area (Å²) < 4.78 is 2.43. The third kappa shape index (κ3) is 1.72. The number of benzene rings is 1. The third-order valence-corrected chi connectivity index (χ3v) is 4.64. The van der Waals surface area contributed by atoms with E-state index in [-0.39, 0.29) is 0 Å². The zero-order valence-corrected chi connectivity index (χ0v) is 11.3. The number of imidazole rings is 1. The molecule has 0 bridgehead atoms. The Morgan fingerprint density at radius 2 is 2.11 bits per heavy atom. The predicted octanol–water partition coefficient (Wildman–Crippen LogP) is 2.39. The summed E-state index contributed by atoms with van der Waals surface area (Å²) >= 11 is 0. The Labute approximate surface area is 113 Å². The molecule has 0 amide bonds. The van der Waals surface area contributed by atoms with Gasteiger partial charge in [-0.1, -0.05) is 29.8 Å². The van der Waals surface area contributed by atoms with E-state index < -0.39 is 0 Å². The molecule has 1 aromatic carbocycles. The summed E-state index contributed by atoms with van der Waals surface area (Å²) in [5.74, 6) is 1.26. The van der Waals surface area contributed by atoms with Crippen LogP contribution >= 0.6 is 0 Å². The molecule has 1 fully saturated rings. The maximum atomic E-state index is 4.65. The van der Waals surface area contributed by atoms with Crippen molar-refractivity contribution < 1.29 is 0 Å². The van der Waals surface area contributed by atoms with Crippen LogP contribution in [0.2, 0.25) is 0 Å². The Kier molecular flexibility index (Phi) is 2.33. The van der Waals surface area contributed by atoms with Crippen LogP contribution in [0.5, 0.6) is 0 Å². The van der Waals surface area contributed by atoms with Crippen molar-refractivity contribution in [2.45, 2.75) is 26.3 Å². The van der Waals surface area contributed by atoms with E-state index in [1.165, 1.54) is 29.1 Å². The topological polar surface area (TPSA) is 29.9 Å². The number of aromatic nitrogens is 2. The minimum absolute atomic E-state index is 0.434. The van der Waals surface area contributed by atoms with Gasteiger partial charge >= 0.3 is 0 Å². The van der Waals surface area contributed by atoms with Gasteiger partial charge in [0.2, 0.25) is 0 Å². The molecule has 0 radical (unpaired) electrons. The van der Waals surface area contributed by atoms with Crippen molar-refractivity contribution >= 4 is 0 Å². The van der Waals surface area contributed by atoms with Crippen LogP contribution in [-0.4, -0.2) is 22.6 Å². The van der Waals surface area contributed by atoms with E-state index in [1.807, 2.05) is 6.20 Å². The summed E-state index contributed by atoms with van der Waals surface area (Å²) in [5, 5.41) is 3.51. The molecule has 1 spiro atoms. The summed E-state index contributed by atoms with van der Waals surface area (Å²) in [6, 6.07) is 8.77. The van der Waals surface area contributed by atoms with Gasteiger partial charge in [-0.2, -0.15) is 0 Å². The number of nitrogens with zero attached hydrogens (tertiary/aromatic N) is 2. The molecule has 19 heavy (non-hydrogen) atoms. The average molecular weight is 253 g/mol. The minimum Gasteiger partial charge on any atom is -0.327 e. The van der Waals surface area contributed by atoms with Gasteiger partial charge in [0.15, 0.2) is 0 Å². The molecule has 98 valence electrons. The van der Waals surface area contributed by atoms with E-state index in [1.54, 1.807) is 0 Å². The molecule has 1 saturated heterocycles. The first kappa shape index (κ1) is 11.2. The van der Waals surface area contributed by atoms with Gasteiger partial charge in [0.05, 0.1) is 11.9 Å². The molecule has 1 unspecified atom stereocenters. The Balaban J connectivity index is 1.72. The van der Waals surface area contributed by atoms with Crippen molar-refractivity contribution in [2.24, 2.45) is 5.41 Å². The molecule has 2 aromatic rings. The van der Waals surface area contributed by atoms with Crippen molar-refractivity contribution in [1.29, 1.82) is 0 Å². The van der Waals surface area contributed by atoms with Crippen molar-refractivity contribution in [3.8, 4) is 11.3 Å². The second-order valence-electron chi connectivity index (χ2n) is 6.12. The summed E-state index contributed by atoms with van der Waals surface area (Å²) in [6.07, 6.45) is 4.45. The lowest BCUT2D eigenvalue weighted by Gasteiger charge is -2.20. The second-order valence-corrected chi connectivity index (χ2v) is 6.12. The second kappa shape index (κ2) is 3.94. The Bertz CT molecular complexity index is 603. The first-order valence-electron chi connectivity index (χ1n) is 7.08. The third-order valence-electron chi connectivity index (χ3n) is 4.64. The summed E-state index contributed by atoms with van der Waals surface area (Å²) in [5.41, 5.74) is 4.30. The fourth-order valence-corrected chi connectivity index (χ4v) is 3.49. The highest BCUT2D eigenvalue weighted by atomic mass is 15.1. The van der Waals surface area contributed by atoms with Crippen molar-refractivity contribution in [3.05, 3.63) is 41.9 Å². The molecule has 0 aliphatic carbocycles. The van der Waals surface area contributed by atoms with Crippen molar-refractivity contribution in [3.63, 3.8) is 0 Å². The van der Waals surface area contributed by atoms with E-state index in [4.69, 9.17) is 0 Å². The van der Waals surface area contributed by atoms with E-state index >= 15 is 0 Å². The van der Waals surface area contributed by atoms with Crippen LogP contribution in [0.3, 0.4) is 0 Å². The van der Waals surface area contributed by atoms with Crippen molar-refractivity contribution in [2.75, 3.05) is 13.1 Å². The summed E-state index contributed by atoms with van der Waals surface area (Å²) in [7, 11) is 0. The van der Waals surface area contributed by atoms with Crippen LogP contribution in [0.15, 0.2) is 30.5 Å². The molecule has 3 heteroatoms. The Morgan fingerprint density at radius 3 is 2.84 bits per heavy atom. The van der Waals surface area contributed by atoms with E-state index in [0.717, 1.165) is 26.1 Å². The fourth-order valence-electron chi connectivity index (χ4n) is 3.49. The van der Waals surface area contributed by atoms with Crippen LogP contribution in [0.1, 0.15) is 17.8 Å². The quantitative estimate of drug-likeness (QED) is 0.845. The van der Waals surface area contributed by atoms with Gasteiger partial charge in [0.1, 0.15) is 5.82 Å². The zero-order valence-electron chi connectivity index (χ0n) is 11.3. The molecule has 4 rings (SSSR count). The molecule has 3 nitrogen and oxygen atoms in total. The molecular formula is C16H19N3. The molecule has 2 aliphatic heterocycles. The normalized spacial score (nSPS) is 25.1. The largest absolute Gasteiger partial charge is 0.327 e. The molecule has 0 saturated carbocycles. The fraction of sp³-hybridized carbons (Fsp3) is 0.438. The Morgan fingerprint density at radius 1 is 1.26 bits per heavy atom. The molecule has 2 aliphatic rings. The lowest BCUT2D eigenvalue weighted by atomic mass is 9.86. The van der Waals surface area contributed by atoms with E-state index in [9.17, 15) is 0 Å². The first-order valence-corrected chi connectivity index (χ1v) is 7.08. The number of hydrogen-bond donors (Lipinski definition) is 1. The molecule has 1 N–H and O–H groups in total. The van der Waals surface area contributed by atoms with Crippen LogP contribution in [0.25, 0.3) is 11.3 Å². The lowest BCUT2D eigenvalue weighted by Crippen LogP contribution is -2.25. The minimum atomic E-state index is 0.434. The lowest BCUT2D eigenvalue weighted by molar-refractivity contribution is 0.317. The van der Waals surface area contributed by atoms with Gasteiger partial charge in [-0.15, -0.1) is 0 Å². The molecule has 3 heterocycles. The predicted molar refractivity (Wildman–Crippen MR) is 76.0 cm³/mol. The highest BCUT2D eigenvalue weighted by Crippen LogP contribution is 2.39. The summed E-state index contributed by atoms with van der Waals surface area (Å²) in [6.45, 7) is 5.55.